The molecule has 1 N–H and O–H groups in total. The quantitative estimate of drug-likeness (QED) is 0.680. The van der Waals surface area contributed by atoms with E-state index in [2.05, 4.69) is 16.4 Å². The number of pyridine rings is 1. The molecule has 6 nitrogen and oxygen atoms in total. The highest BCUT2D eigenvalue weighted by Gasteiger charge is 2.11. The first-order valence-electron chi connectivity index (χ1n) is 5.95. The van der Waals surface area contributed by atoms with E-state index < -0.39 is 4.92 Å². The van der Waals surface area contributed by atoms with Crippen molar-refractivity contribution in [3.8, 4) is 6.07 Å². The van der Waals surface area contributed by atoms with Crippen molar-refractivity contribution in [2.75, 3.05) is 5.32 Å². The van der Waals surface area contributed by atoms with Gasteiger partial charge in [-0.3, -0.25) is 10.1 Å². The van der Waals surface area contributed by atoms with Crippen LogP contribution < -0.4 is 5.32 Å². The van der Waals surface area contributed by atoms with Crippen molar-refractivity contribution in [1.82, 2.24) is 4.98 Å². The van der Waals surface area contributed by atoms with E-state index in [0.717, 1.165) is 5.56 Å². The molecule has 0 aliphatic rings. The number of hydrogen-bond acceptors (Lipinski definition) is 5. The van der Waals surface area contributed by atoms with Gasteiger partial charge < -0.3 is 5.32 Å². The Bertz CT molecular complexity index is 692. The van der Waals surface area contributed by atoms with Crippen molar-refractivity contribution in [2.24, 2.45) is 0 Å². The Morgan fingerprint density at radius 1 is 1.40 bits per heavy atom. The lowest BCUT2D eigenvalue weighted by Crippen LogP contribution is -2.03. The highest BCUT2D eigenvalue weighted by Crippen LogP contribution is 2.18. The molecule has 0 saturated carbocycles. The molecule has 0 amide bonds. The monoisotopic (exact) mass is 268 g/mol. The second kappa shape index (κ2) is 5.80. The second-order valence-corrected chi connectivity index (χ2v) is 4.22. The smallest absolute Gasteiger partial charge is 0.290 e. The maximum absolute atomic E-state index is 10.7. The average Bonchev–Trinajstić information content (AvgIpc) is 2.45. The van der Waals surface area contributed by atoms with E-state index in [4.69, 9.17) is 5.26 Å². The van der Waals surface area contributed by atoms with Crippen molar-refractivity contribution < 1.29 is 4.92 Å². The lowest BCUT2D eigenvalue weighted by Gasteiger charge is -2.07. The number of nitrogens with one attached hydrogen (secondary N) is 1. The van der Waals surface area contributed by atoms with Crippen molar-refractivity contribution in [3.05, 3.63) is 63.3 Å². The summed E-state index contributed by atoms with van der Waals surface area (Å²) in [5, 5.41) is 22.6. The zero-order valence-corrected chi connectivity index (χ0v) is 10.8. The molecule has 0 spiro atoms. The molecule has 20 heavy (non-hydrogen) atoms. The number of nitro groups is 1. The van der Waals surface area contributed by atoms with Crippen molar-refractivity contribution >= 4 is 11.5 Å². The number of aromatic nitrogens is 1. The topological polar surface area (TPSA) is 91.8 Å². The van der Waals surface area contributed by atoms with Crippen LogP contribution in [0.5, 0.6) is 0 Å². The Morgan fingerprint density at radius 3 is 2.85 bits per heavy atom. The molecule has 0 aliphatic heterocycles. The molecule has 0 fully saturated rings. The largest absolute Gasteiger partial charge is 0.366 e. The van der Waals surface area contributed by atoms with E-state index >= 15 is 0 Å². The Balaban J connectivity index is 2.09. The van der Waals surface area contributed by atoms with Crippen molar-refractivity contribution in [3.63, 3.8) is 0 Å². The van der Waals surface area contributed by atoms with E-state index in [1.165, 1.54) is 6.07 Å². The standard InChI is InChI=1S/C14H12N4O2/c1-10-13(18(19)20)5-6-14(17-10)16-9-12-4-2-3-11(7-12)8-15/h2-7H,9H2,1H3,(H,16,17). The zero-order chi connectivity index (χ0) is 14.5. The van der Waals surface area contributed by atoms with Crippen LogP contribution in [0.4, 0.5) is 11.5 Å². The van der Waals surface area contributed by atoms with Gasteiger partial charge in [-0.05, 0) is 30.7 Å². The lowest BCUT2D eigenvalue weighted by atomic mass is 10.1. The molecule has 2 aromatic rings. The van der Waals surface area contributed by atoms with Crippen LogP contribution in [-0.4, -0.2) is 9.91 Å². The van der Waals surface area contributed by atoms with Gasteiger partial charge in [-0.25, -0.2) is 4.98 Å². The number of benzene rings is 1. The number of anilines is 1. The molecule has 1 aromatic carbocycles. The van der Waals surface area contributed by atoms with Crippen LogP contribution in [0.1, 0.15) is 16.8 Å². The van der Waals surface area contributed by atoms with E-state index in [0.29, 0.717) is 23.6 Å². The predicted octanol–water partition coefficient (Wildman–Crippen LogP) is 2.78. The van der Waals surface area contributed by atoms with Gasteiger partial charge in [0, 0.05) is 12.6 Å². The molecule has 1 heterocycles. The molecule has 1 aromatic heterocycles. The highest BCUT2D eigenvalue weighted by molar-refractivity contribution is 5.45. The number of nitriles is 1. The van der Waals surface area contributed by atoms with Crippen molar-refractivity contribution in [2.45, 2.75) is 13.5 Å². The fraction of sp³-hybridized carbons (Fsp3) is 0.143. The second-order valence-electron chi connectivity index (χ2n) is 4.22. The van der Waals surface area contributed by atoms with Crippen molar-refractivity contribution in [1.29, 1.82) is 5.26 Å². The van der Waals surface area contributed by atoms with E-state index in [1.807, 2.05) is 12.1 Å². The summed E-state index contributed by atoms with van der Waals surface area (Å²) in [7, 11) is 0. The third kappa shape index (κ3) is 3.09. The SMILES string of the molecule is Cc1nc(NCc2cccc(C#N)c2)ccc1[N+](=O)[O-]. The fourth-order valence-corrected chi connectivity index (χ4v) is 1.79. The molecule has 6 heteroatoms. The molecule has 100 valence electrons. The molecule has 0 saturated heterocycles. The Labute approximate surface area is 115 Å². The van der Waals surface area contributed by atoms with Crippen LogP contribution in [0.3, 0.4) is 0 Å². The first-order chi connectivity index (χ1) is 9.60. The van der Waals surface area contributed by atoms with E-state index in [1.54, 1.807) is 25.1 Å². The van der Waals surface area contributed by atoms with Crippen LogP contribution in [0.25, 0.3) is 0 Å². The fourth-order valence-electron chi connectivity index (χ4n) is 1.79. The van der Waals surface area contributed by atoms with Gasteiger partial charge in [-0.2, -0.15) is 5.26 Å². The van der Waals surface area contributed by atoms with Crippen LogP contribution in [0, 0.1) is 28.4 Å². The number of aryl methyl sites for hydroxylation is 1. The van der Waals surface area contributed by atoms with E-state index in [9.17, 15) is 10.1 Å². The molecule has 0 atom stereocenters. The highest BCUT2D eigenvalue weighted by atomic mass is 16.6. The minimum atomic E-state index is -0.456. The Kier molecular flexibility index (Phi) is 3.91. The number of rotatable bonds is 4. The van der Waals surface area contributed by atoms with Crippen LogP contribution >= 0.6 is 0 Å². The van der Waals surface area contributed by atoms with Gasteiger partial charge in [0.1, 0.15) is 11.5 Å². The van der Waals surface area contributed by atoms with Gasteiger partial charge in [0.05, 0.1) is 16.6 Å². The van der Waals surface area contributed by atoms with Crippen LogP contribution in [-0.2, 0) is 6.54 Å². The summed E-state index contributed by atoms with van der Waals surface area (Å²) >= 11 is 0. The summed E-state index contributed by atoms with van der Waals surface area (Å²) in [6.07, 6.45) is 0. The van der Waals surface area contributed by atoms with Gasteiger partial charge in [0.15, 0.2) is 0 Å². The summed E-state index contributed by atoms with van der Waals surface area (Å²) in [5.74, 6) is 0.565. The third-order valence-electron chi connectivity index (χ3n) is 2.78. The first kappa shape index (κ1) is 13.5. The van der Waals surface area contributed by atoms with Crippen LogP contribution in [0.2, 0.25) is 0 Å². The number of nitrogens with zero attached hydrogens (tertiary/aromatic N) is 3. The minimum absolute atomic E-state index is 0.00188. The zero-order valence-electron chi connectivity index (χ0n) is 10.8. The average molecular weight is 268 g/mol. The van der Waals surface area contributed by atoms with Gasteiger partial charge in [0.25, 0.3) is 5.69 Å². The first-order valence-corrected chi connectivity index (χ1v) is 5.95. The molecule has 0 bridgehead atoms. The summed E-state index contributed by atoms with van der Waals surface area (Å²) < 4.78 is 0. The van der Waals surface area contributed by atoms with Crippen LogP contribution in [0.15, 0.2) is 36.4 Å². The normalized spacial score (nSPS) is 9.80. The summed E-state index contributed by atoms with van der Waals surface area (Å²) in [5.41, 5.74) is 1.91. The molecular weight excluding hydrogens is 256 g/mol. The Hall–Kier alpha value is -2.94. The summed E-state index contributed by atoms with van der Waals surface area (Å²) in [6, 6.07) is 12.3. The lowest BCUT2D eigenvalue weighted by molar-refractivity contribution is -0.385. The van der Waals surface area contributed by atoms with Gasteiger partial charge in [0.2, 0.25) is 0 Å². The Morgan fingerprint density at radius 2 is 2.20 bits per heavy atom. The number of hydrogen-bond donors (Lipinski definition) is 1. The van der Waals surface area contributed by atoms with Gasteiger partial charge >= 0.3 is 0 Å². The molecular formula is C14H12N4O2. The van der Waals surface area contributed by atoms with E-state index in [-0.39, 0.29) is 5.69 Å². The summed E-state index contributed by atoms with van der Waals surface area (Å²) in [6.45, 7) is 2.10. The third-order valence-corrected chi connectivity index (χ3v) is 2.78. The molecule has 0 unspecified atom stereocenters. The molecule has 2 rings (SSSR count). The minimum Gasteiger partial charge on any atom is -0.366 e. The summed E-state index contributed by atoms with van der Waals surface area (Å²) in [4.78, 5) is 14.4. The van der Waals surface area contributed by atoms with Gasteiger partial charge in [-0.1, -0.05) is 12.1 Å². The molecule has 0 radical (unpaired) electrons. The maximum atomic E-state index is 10.7. The molecule has 0 aliphatic carbocycles. The predicted molar refractivity (Wildman–Crippen MR) is 74.1 cm³/mol. The van der Waals surface area contributed by atoms with Gasteiger partial charge in [-0.15, -0.1) is 0 Å². The maximum Gasteiger partial charge on any atom is 0.290 e.